The van der Waals surface area contributed by atoms with Crippen LogP contribution < -0.4 is 5.43 Å². The number of anilines is 1. The van der Waals surface area contributed by atoms with Crippen LogP contribution in [0.2, 0.25) is 0 Å². The topological polar surface area (TPSA) is 137 Å². The van der Waals surface area contributed by atoms with E-state index in [0.717, 1.165) is 30.2 Å². The zero-order valence-corrected chi connectivity index (χ0v) is 11.2. The molecule has 10 nitrogen and oxygen atoms in total. The van der Waals surface area contributed by atoms with Gasteiger partial charge in [-0.3, -0.25) is 30.4 Å². The Morgan fingerprint density at radius 1 is 1.29 bits per heavy atom. The number of ketones is 1. The maximum Gasteiger partial charge on any atom is 0.301 e. The van der Waals surface area contributed by atoms with Crippen LogP contribution in [0.5, 0.6) is 0 Å². The van der Waals surface area contributed by atoms with Crippen molar-refractivity contribution in [2.24, 2.45) is 5.10 Å². The molecule has 0 radical (unpaired) electrons. The smallest absolute Gasteiger partial charge is 0.301 e. The van der Waals surface area contributed by atoms with E-state index < -0.39 is 21.2 Å². The second-order valence-electron chi connectivity index (χ2n) is 3.82. The molecule has 21 heavy (non-hydrogen) atoms. The molecule has 1 aromatic rings. The summed E-state index contributed by atoms with van der Waals surface area (Å²) in [7, 11) is 0. The molecule has 0 amide bonds. The number of Topliss-reactive ketones (excluding diaryl/α,β-unsaturated/α-hetero) is 1. The maximum absolute atomic E-state index is 11.4. The predicted molar refractivity (Wildman–Crippen MR) is 74.0 cm³/mol. The van der Waals surface area contributed by atoms with Crippen LogP contribution in [-0.2, 0) is 8.98 Å². The molecule has 11 heteroatoms. The quantitative estimate of drug-likeness (QED) is 0.505. The minimum absolute atomic E-state index is 0.0786. The minimum Gasteiger partial charge on any atom is -0.400 e. The molecule has 0 aromatic heterocycles. The van der Waals surface area contributed by atoms with Gasteiger partial charge in [0.05, 0.1) is 28.0 Å². The second-order valence-corrected chi connectivity index (χ2v) is 4.63. The average molecular weight is 312 g/mol. The first kappa shape index (κ1) is 14.7. The van der Waals surface area contributed by atoms with Crippen LogP contribution in [0.4, 0.5) is 17.1 Å². The van der Waals surface area contributed by atoms with Gasteiger partial charge in [-0.2, -0.15) is 0 Å². The first-order valence-corrected chi connectivity index (χ1v) is 6.49. The van der Waals surface area contributed by atoms with Gasteiger partial charge in [0.1, 0.15) is 5.69 Å². The van der Waals surface area contributed by atoms with Gasteiger partial charge >= 0.3 is 5.69 Å². The normalized spacial score (nSPS) is 16.4. The van der Waals surface area contributed by atoms with E-state index in [1.807, 2.05) is 0 Å². The van der Waals surface area contributed by atoms with Crippen LogP contribution in [0.15, 0.2) is 23.3 Å². The van der Waals surface area contributed by atoms with Gasteiger partial charge in [-0.1, -0.05) is 0 Å². The zero-order chi connectivity index (χ0) is 15.4. The van der Waals surface area contributed by atoms with Gasteiger partial charge in [-0.05, 0) is 6.07 Å². The molecule has 1 heterocycles. The Balaban J connectivity index is 2.27. The van der Waals surface area contributed by atoms with Crippen LogP contribution in [0.3, 0.4) is 0 Å². The molecule has 1 aliphatic rings. The Hall–Kier alpha value is -2.69. The number of nitrogens with one attached hydrogen (secondary N) is 1. The summed E-state index contributed by atoms with van der Waals surface area (Å²) in [5, 5.41) is 25.2. The van der Waals surface area contributed by atoms with Crippen LogP contribution in [0, 0.1) is 20.2 Å². The molecule has 1 aromatic carbocycles. The number of carbonyl (C=O) groups is 1. The molecule has 1 aliphatic heterocycles. The Labute approximate surface area is 121 Å². The lowest BCUT2D eigenvalue weighted by Crippen LogP contribution is -2.21. The summed E-state index contributed by atoms with van der Waals surface area (Å²) in [6.07, 6.45) is 0.257. The SMILES string of the molecule is O=C1CCSO/C1=N\Nc1ccc([N+](=O)[O-])cc1[N+](=O)[O-]. The van der Waals surface area contributed by atoms with Crippen molar-refractivity contribution in [1.82, 2.24) is 0 Å². The highest BCUT2D eigenvalue weighted by Crippen LogP contribution is 2.29. The third-order valence-electron chi connectivity index (χ3n) is 2.46. The minimum atomic E-state index is -0.784. The summed E-state index contributed by atoms with van der Waals surface area (Å²) in [5.74, 6) is -0.0140. The summed E-state index contributed by atoms with van der Waals surface area (Å²) in [4.78, 5) is 31.4. The average Bonchev–Trinajstić information content (AvgIpc) is 2.46. The fraction of sp³-hybridized carbons (Fsp3) is 0.200. The van der Waals surface area contributed by atoms with E-state index in [4.69, 9.17) is 4.18 Å². The third-order valence-corrected chi connectivity index (χ3v) is 3.10. The van der Waals surface area contributed by atoms with Gasteiger partial charge < -0.3 is 4.18 Å². The van der Waals surface area contributed by atoms with Crippen molar-refractivity contribution in [2.45, 2.75) is 6.42 Å². The molecule has 2 rings (SSSR count). The predicted octanol–water partition coefficient (Wildman–Crippen LogP) is 1.87. The summed E-state index contributed by atoms with van der Waals surface area (Å²) in [5.41, 5.74) is 1.31. The molecule has 0 bridgehead atoms. The van der Waals surface area contributed by atoms with Gasteiger partial charge in [0.2, 0.25) is 5.78 Å². The maximum atomic E-state index is 11.4. The summed E-state index contributed by atoms with van der Waals surface area (Å²) in [6, 6.07) is 3.04. The first-order valence-electron chi connectivity index (χ1n) is 5.58. The highest BCUT2D eigenvalue weighted by atomic mass is 32.2. The summed E-state index contributed by atoms with van der Waals surface area (Å²) < 4.78 is 4.95. The highest BCUT2D eigenvalue weighted by molar-refractivity contribution is 7.95. The van der Waals surface area contributed by atoms with Gasteiger partial charge in [-0.15, -0.1) is 5.10 Å². The molecule has 1 N–H and O–H groups in total. The number of nitrogens with zero attached hydrogens (tertiary/aromatic N) is 3. The first-order chi connectivity index (χ1) is 9.99. The van der Waals surface area contributed by atoms with Crippen molar-refractivity contribution >= 4 is 40.8 Å². The number of carbonyl (C=O) groups excluding carboxylic acids is 1. The molecule has 0 atom stereocenters. The van der Waals surface area contributed by atoms with Crippen molar-refractivity contribution in [1.29, 1.82) is 0 Å². The van der Waals surface area contributed by atoms with Crippen molar-refractivity contribution in [2.75, 3.05) is 11.2 Å². The van der Waals surface area contributed by atoms with Crippen LogP contribution in [0.1, 0.15) is 6.42 Å². The van der Waals surface area contributed by atoms with E-state index in [2.05, 4.69) is 10.5 Å². The van der Waals surface area contributed by atoms with E-state index in [1.54, 1.807) is 0 Å². The Morgan fingerprint density at radius 2 is 2.05 bits per heavy atom. The standard InChI is InChI=1S/C10H8N4O6S/c15-9-3-4-21-20-10(9)12-11-7-2-1-6(13(16)17)5-8(7)14(18)19/h1-2,5,11H,3-4H2/b12-10-. The number of benzene rings is 1. The van der Waals surface area contributed by atoms with Crippen molar-refractivity contribution in [3.8, 4) is 0 Å². The molecular formula is C10H8N4O6S. The van der Waals surface area contributed by atoms with Crippen LogP contribution in [0.25, 0.3) is 0 Å². The van der Waals surface area contributed by atoms with E-state index in [0.29, 0.717) is 5.75 Å². The van der Waals surface area contributed by atoms with E-state index in [-0.39, 0.29) is 23.8 Å². The molecule has 1 fully saturated rings. The lowest BCUT2D eigenvalue weighted by Gasteiger charge is -2.11. The Morgan fingerprint density at radius 3 is 2.67 bits per heavy atom. The largest absolute Gasteiger partial charge is 0.400 e. The number of hydrogen-bond acceptors (Lipinski definition) is 9. The molecule has 0 aliphatic carbocycles. The fourth-order valence-electron chi connectivity index (χ4n) is 1.46. The molecule has 1 saturated heterocycles. The Kier molecular flexibility index (Phi) is 4.33. The number of nitro groups is 2. The number of rotatable bonds is 4. The summed E-state index contributed by atoms with van der Waals surface area (Å²) >= 11 is 1.04. The molecule has 0 unspecified atom stereocenters. The third kappa shape index (κ3) is 3.45. The Bertz CT molecular complexity index is 646. The van der Waals surface area contributed by atoms with Crippen LogP contribution >= 0.6 is 12.0 Å². The highest BCUT2D eigenvalue weighted by Gasteiger charge is 2.22. The number of hydrogen-bond donors (Lipinski definition) is 1. The van der Waals surface area contributed by atoms with Gasteiger partial charge in [0, 0.05) is 18.2 Å². The number of non-ortho nitro benzene ring substituents is 1. The monoisotopic (exact) mass is 312 g/mol. The molecule has 0 spiro atoms. The molecule has 110 valence electrons. The van der Waals surface area contributed by atoms with Crippen molar-refractivity contribution in [3.63, 3.8) is 0 Å². The lowest BCUT2D eigenvalue weighted by atomic mass is 10.2. The number of hydrazone groups is 1. The van der Waals surface area contributed by atoms with Gasteiger partial charge in [0.25, 0.3) is 11.6 Å². The number of nitro benzene ring substituents is 2. The lowest BCUT2D eigenvalue weighted by molar-refractivity contribution is -0.393. The molecule has 0 saturated carbocycles. The van der Waals surface area contributed by atoms with Crippen molar-refractivity contribution in [3.05, 3.63) is 38.4 Å². The van der Waals surface area contributed by atoms with Gasteiger partial charge in [0.15, 0.2) is 0 Å². The van der Waals surface area contributed by atoms with E-state index in [9.17, 15) is 25.0 Å². The summed E-state index contributed by atoms with van der Waals surface area (Å²) in [6.45, 7) is 0. The van der Waals surface area contributed by atoms with E-state index >= 15 is 0 Å². The zero-order valence-electron chi connectivity index (χ0n) is 10.3. The van der Waals surface area contributed by atoms with Crippen molar-refractivity contribution < 1.29 is 18.8 Å². The second kappa shape index (κ2) is 6.17. The van der Waals surface area contributed by atoms with Gasteiger partial charge in [-0.25, -0.2) is 0 Å². The molecular weight excluding hydrogens is 304 g/mol. The fourth-order valence-corrected chi connectivity index (χ4v) is 2.05. The van der Waals surface area contributed by atoms with E-state index in [1.165, 1.54) is 0 Å². The van der Waals surface area contributed by atoms with Crippen LogP contribution in [-0.4, -0.2) is 27.3 Å².